The van der Waals surface area contributed by atoms with Crippen molar-refractivity contribution in [1.29, 1.82) is 0 Å². The van der Waals surface area contributed by atoms with Gasteiger partial charge in [-0.2, -0.15) is 0 Å². The normalized spacial score (nSPS) is 16.2. The summed E-state index contributed by atoms with van der Waals surface area (Å²) in [6, 6.07) is -0.143. The maximum absolute atomic E-state index is 12.3. The molecule has 196 valence electrons. The van der Waals surface area contributed by atoms with Crippen LogP contribution in [0.25, 0.3) is 0 Å². The molecule has 0 saturated carbocycles. The summed E-state index contributed by atoms with van der Waals surface area (Å²) in [6.07, 6.45) is 11.7. The van der Waals surface area contributed by atoms with Crippen LogP contribution in [0.2, 0.25) is 0 Å². The van der Waals surface area contributed by atoms with Crippen LogP contribution in [0, 0.1) is 10.8 Å². The quantitative estimate of drug-likeness (QED) is 0.134. The average molecular weight is 481 g/mol. The highest BCUT2D eigenvalue weighted by Crippen LogP contribution is 2.37. The predicted octanol–water partition coefficient (Wildman–Crippen LogP) is 5.88. The number of ether oxygens (including phenoxy) is 1. The molecule has 0 aliphatic carbocycles. The van der Waals surface area contributed by atoms with Crippen LogP contribution in [0.5, 0.6) is 0 Å². The summed E-state index contributed by atoms with van der Waals surface area (Å²) in [5.74, 6) is -0.863. The summed E-state index contributed by atoms with van der Waals surface area (Å²) in [5, 5.41) is 9.45. The lowest BCUT2D eigenvalue weighted by molar-refractivity contribution is -0.146. The molecule has 0 spiro atoms. The Morgan fingerprint density at radius 3 is 2.03 bits per heavy atom. The lowest BCUT2D eigenvalue weighted by Crippen LogP contribution is -2.34. The van der Waals surface area contributed by atoms with Gasteiger partial charge < -0.3 is 14.7 Å². The standard InChI is InChI=1S/C27H48N2O5/c1-6-26(7-2,17-15-19-29-23(30)22-28(10-5)25(29)33)16-11-13-20-34-21-14-12-18-27(8-3,9-4)24(31)32/h8H,3,6-7,9-22H2,1-2,4-5H3,(H,31,32). The molecule has 7 nitrogen and oxygen atoms in total. The maximum Gasteiger partial charge on any atom is 0.327 e. The van der Waals surface area contributed by atoms with Crippen molar-refractivity contribution < 1.29 is 24.2 Å². The van der Waals surface area contributed by atoms with E-state index >= 15 is 0 Å². The van der Waals surface area contributed by atoms with Crippen molar-refractivity contribution in [2.75, 3.05) is 32.8 Å². The Labute approximate surface area is 206 Å². The molecule has 0 aromatic carbocycles. The minimum Gasteiger partial charge on any atom is -0.481 e. The van der Waals surface area contributed by atoms with Crippen molar-refractivity contribution in [2.24, 2.45) is 10.8 Å². The summed E-state index contributed by atoms with van der Waals surface area (Å²) in [7, 11) is 0. The number of aliphatic carboxylic acids is 1. The van der Waals surface area contributed by atoms with Gasteiger partial charge in [0.05, 0.1) is 5.41 Å². The Kier molecular flexibility index (Phi) is 13.5. The SMILES string of the molecule is C=CC(CC)(CCCCOCCCCC(CC)(CC)CCCN1C(=O)CN(CC)C1=O)C(=O)O. The van der Waals surface area contributed by atoms with Crippen LogP contribution in [-0.4, -0.2) is 65.7 Å². The molecule has 1 fully saturated rings. The summed E-state index contributed by atoms with van der Waals surface area (Å²) in [5.41, 5.74) is -0.560. The van der Waals surface area contributed by atoms with E-state index in [-0.39, 0.29) is 23.9 Å². The van der Waals surface area contributed by atoms with E-state index in [1.165, 1.54) is 4.90 Å². The highest BCUT2D eigenvalue weighted by atomic mass is 16.5. The van der Waals surface area contributed by atoms with Crippen LogP contribution >= 0.6 is 0 Å². The molecule has 1 aliphatic heterocycles. The minimum atomic E-state index is -0.811. The molecule has 0 aromatic heterocycles. The van der Waals surface area contributed by atoms with Crippen molar-refractivity contribution in [2.45, 2.75) is 98.3 Å². The topological polar surface area (TPSA) is 87.2 Å². The number of carbonyl (C=O) groups excluding carboxylic acids is 2. The zero-order valence-electron chi connectivity index (χ0n) is 22.1. The fraction of sp³-hybridized carbons (Fsp3) is 0.815. The third-order valence-electron chi connectivity index (χ3n) is 7.95. The lowest BCUT2D eigenvalue weighted by Gasteiger charge is -2.32. The molecule has 1 heterocycles. The average Bonchev–Trinajstić information content (AvgIpc) is 3.12. The summed E-state index contributed by atoms with van der Waals surface area (Å²) >= 11 is 0. The first-order valence-corrected chi connectivity index (χ1v) is 13.3. The summed E-state index contributed by atoms with van der Waals surface area (Å²) in [4.78, 5) is 38.9. The van der Waals surface area contributed by atoms with Crippen LogP contribution in [-0.2, 0) is 14.3 Å². The van der Waals surface area contributed by atoms with Crippen LogP contribution in [0.1, 0.15) is 98.3 Å². The molecule has 1 atom stereocenters. The number of urea groups is 1. The van der Waals surface area contributed by atoms with Crippen molar-refractivity contribution >= 4 is 17.9 Å². The van der Waals surface area contributed by atoms with E-state index < -0.39 is 11.4 Å². The fourth-order valence-electron chi connectivity index (χ4n) is 4.97. The molecule has 0 aromatic rings. The van der Waals surface area contributed by atoms with Crippen molar-refractivity contribution in [3.63, 3.8) is 0 Å². The molecule has 1 N–H and O–H groups in total. The first-order chi connectivity index (χ1) is 16.2. The Morgan fingerprint density at radius 2 is 1.56 bits per heavy atom. The van der Waals surface area contributed by atoms with E-state index in [1.807, 2.05) is 13.8 Å². The Morgan fingerprint density at radius 1 is 0.971 bits per heavy atom. The van der Waals surface area contributed by atoms with Gasteiger partial charge in [0.2, 0.25) is 5.91 Å². The molecule has 1 rings (SSSR count). The second-order valence-electron chi connectivity index (χ2n) is 9.70. The Hall–Kier alpha value is -1.89. The number of nitrogens with zero attached hydrogens (tertiary/aromatic N) is 2. The van der Waals surface area contributed by atoms with Crippen LogP contribution in [0.4, 0.5) is 4.79 Å². The van der Waals surface area contributed by atoms with E-state index in [9.17, 15) is 19.5 Å². The number of likely N-dealkylation sites (N-methyl/N-ethyl adjacent to an activating group) is 1. The van der Waals surface area contributed by atoms with Crippen LogP contribution in [0.15, 0.2) is 12.7 Å². The van der Waals surface area contributed by atoms with E-state index in [1.54, 1.807) is 11.0 Å². The summed E-state index contributed by atoms with van der Waals surface area (Å²) < 4.78 is 5.79. The zero-order valence-corrected chi connectivity index (χ0v) is 22.1. The number of carboxylic acids is 1. The number of hydrogen-bond acceptors (Lipinski definition) is 4. The minimum absolute atomic E-state index is 0.0737. The number of carbonyl (C=O) groups is 3. The lowest BCUT2D eigenvalue weighted by atomic mass is 9.74. The van der Waals surface area contributed by atoms with Crippen molar-refractivity contribution in [3.8, 4) is 0 Å². The first kappa shape index (κ1) is 30.1. The highest BCUT2D eigenvalue weighted by molar-refractivity contribution is 6.01. The number of rotatable bonds is 20. The molecule has 1 aliphatic rings. The first-order valence-electron chi connectivity index (χ1n) is 13.3. The largest absolute Gasteiger partial charge is 0.481 e. The van der Waals surface area contributed by atoms with Crippen LogP contribution in [0.3, 0.4) is 0 Å². The van der Waals surface area contributed by atoms with Gasteiger partial charge in [-0.25, -0.2) is 4.79 Å². The van der Waals surface area contributed by atoms with Gasteiger partial charge in [0, 0.05) is 26.3 Å². The number of imide groups is 1. The molecule has 7 heteroatoms. The van der Waals surface area contributed by atoms with Gasteiger partial charge >= 0.3 is 12.0 Å². The van der Waals surface area contributed by atoms with Gasteiger partial charge in [0.15, 0.2) is 0 Å². The van der Waals surface area contributed by atoms with Crippen molar-refractivity contribution in [3.05, 3.63) is 12.7 Å². The Bertz CT molecular complexity index is 661. The van der Waals surface area contributed by atoms with Crippen LogP contribution < -0.4 is 0 Å². The molecule has 1 saturated heterocycles. The van der Waals surface area contributed by atoms with E-state index in [2.05, 4.69) is 20.4 Å². The zero-order chi connectivity index (χ0) is 25.6. The number of hydrogen-bond donors (Lipinski definition) is 1. The van der Waals surface area contributed by atoms with E-state index in [4.69, 9.17) is 4.74 Å². The molecule has 3 amide bonds. The van der Waals surface area contributed by atoms with E-state index in [0.717, 1.165) is 64.4 Å². The summed E-state index contributed by atoms with van der Waals surface area (Å²) in [6.45, 7) is 14.7. The Balaban J connectivity index is 2.27. The molecular formula is C27H48N2O5. The fourth-order valence-corrected chi connectivity index (χ4v) is 4.97. The second-order valence-corrected chi connectivity index (χ2v) is 9.70. The van der Waals surface area contributed by atoms with Gasteiger partial charge in [-0.3, -0.25) is 14.5 Å². The smallest absolute Gasteiger partial charge is 0.327 e. The van der Waals surface area contributed by atoms with Gasteiger partial charge in [-0.1, -0.05) is 46.1 Å². The molecule has 0 radical (unpaired) electrons. The monoisotopic (exact) mass is 480 g/mol. The third kappa shape index (κ3) is 8.40. The van der Waals surface area contributed by atoms with Crippen molar-refractivity contribution in [1.82, 2.24) is 9.80 Å². The molecule has 1 unspecified atom stereocenters. The maximum atomic E-state index is 12.3. The molecule has 0 bridgehead atoms. The molecular weight excluding hydrogens is 432 g/mol. The molecule has 34 heavy (non-hydrogen) atoms. The van der Waals surface area contributed by atoms with Gasteiger partial charge in [0.25, 0.3) is 0 Å². The predicted molar refractivity (Wildman–Crippen MR) is 136 cm³/mol. The second kappa shape index (κ2) is 15.2. The van der Waals surface area contributed by atoms with E-state index in [0.29, 0.717) is 32.5 Å². The number of unbranched alkanes of at least 4 members (excludes halogenated alkanes) is 2. The number of carboxylic acid groups (broad SMARTS) is 1. The number of amides is 3. The highest BCUT2D eigenvalue weighted by Gasteiger charge is 2.35. The third-order valence-corrected chi connectivity index (χ3v) is 7.95. The van der Waals surface area contributed by atoms with Gasteiger partial charge in [-0.05, 0) is 63.7 Å². The van der Waals surface area contributed by atoms with Gasteiger partial charge in [-0.15, -0.1) is 6.58 Å². The van der Waals surface area contributed by atoms with Gasteiger partial charge in [0.1, 0.15) is 6.54 Å².